The van der Waals surface area contributed by atoms with Crippen LogP contribution in [0.1, 0.15) is 137 Å². The van der Waals surface area contributed by atoms with Crippen LogP contribution in [-0.4, -0.2) is 210 Å². The molecule has 0 radical (unpaired) electrons. The van der Waals surface area contributed by atoms with E-state index in [1.165, 1.54) is 25.3 Å². The Balaban J connectivity index is 0.000000310. The maximum Gasteiger partial charge on any atom is 0.320 e. The third kappa shape index (κ3) is 44.2. The van der Waals surface area contributed by atoms with Gasteiger partial charge in [0, 0.05) is 101 Å². The quantitative estimate of drug-likeness (QED) is 0.0153. The summed E-state index contributed by atoms with van der Waals surface area (Å²) in [5.41, 5.74) is 17.3. The zero-order chi connectivity index (χ0) is 84.5. The smallest absolute Gasteiger partial charge is 0.320 e. The first-order valence-electron chi connectivity index (χ1n) is 39.4. The molecule has 3 fully saturated rings. The summed E-state index contributed by atoms with van der Waals surface area (Å²) in [5.74, 6) is -4.40. The summed E-state index contributed by atoms with van der Waals surface area (Å²) < 4.78 is 73.1. The second-order valence-electron chi connectivity index (χ2n) is 27.7. The Kier molecular flexibility index (Phi) is 52.4. The summed E-state index contributed by atoms with van der Waals surface area (Å²) in [5, 5.41) is 35.3. The molecular weight excluding hydrogens is 1500 g/mol. The highest BCUT2D eigenvalue weighted by molar-refractivity contribution is 5.74. The second-order valence-corrected chi connectivity index (χ2v) is 27.7. The first-order valence-corrected chi connectivity index (χ1v) is 39.4. The molecule has 0 aliphatic carbocycles. The van der Waals surface area contributed by atoms with Gasteiger partial charge in [-0.15, -0.1) is 0 Å². The fourth-order valence-corrected chi connectivity index (χ4v) is 12.0. The minimum absolute atomic E-state index is 0.155. The number of carboxylic acid groups (broad SMARTS) is 4. The van der Waals surface area contributed by atoms with Crippen molar-refractivity contribution >= 4 is 35.8 Å². The summed E-state index contributed by atoms with van der Waals surface area (Å²) in [4.78, 5) is 71.9. The van der Waals surface area contributed by atoms with Crippen LogP contribution in [0.2, 0.25) is 0 Å². The van der Waals surface area contributed by atoms with Crippen molar-refractivity contribution in [2.45, 2.75) is 205 Å². The van der Waals surface area contributed by atoms with Crippen molar-refractivity contribution in [3.63, 3.8) is 0 Å². The SMILES string of the molecule is COC(CC[C@H](C)C(=O)O)OC.COC(CC[C@H](C)C(=O)OCc1ccccc1)OC.COC(CC[C@H](N)C(=O)O)OC.N[C@@H](CCC1OCCO1)C(=O)O.O=C(CC[C@H](CCC1OCCO1)N(Cc1ccccc1)Cc1ccccc1)OCc1ccccc1.O=C(O)[C@H](CCC1OCCO1)N(Cc1ccccc1)Cc1ccccc1. The van der Waals surface area contributed by atoms with Crippen LogP contribution in [0.3, 0.4) is 0 Å². The fraction of sp³-hybridized carbons (Fsp3) is 0.523. The summed E-state index contributed by atoms with van der Waals surface area (Å²) in [6.45, 7) is 10.6. The zero-order valence-electron chi connectivity index (χ0n) is 68.6. The third-order valence-electron chi connectivity index (χ3n) is 18.9. The van der Waals surface area contributed by atoms with Crippen molar-refractivity contribution in [1.82, 2.24) is 9.80 Å². The maximum atomic E-state index is 12.6. The van der Waals surface area contributed by atoms with Crippen LogP contribution < -0.4 is 11.5 Å². The van der Waals surface area contributed by atoms with Gasteiger partial charge in [-0.05, 0) is 97.6 Å². The van der Waals surface area contributed by atoms with E-state index in [2.05, 4.69) is 53.4 Å². The van der Waals surface area contributed by atoms with E-state index in [-0.39, 0.29) is 67.6 Å². The number of carbonyl (C=O) groups is 6. The number of methoxy groups -OCH3 is 6. The number of nitrogens with zero attached hydrogens (tertiary/aromatic N) is 2. The van der Waals surface area contributed by atoms with Crippen molar-refractivity contribution in [3.8, 4) is 0 Å². The molecule has 116 heavy (non-hydrogen) atoms. The summed E-state index contributed by atoms with van der Waals surface area (Å²) in [6.07, 6.45) is 6.57. The lowest BCUT2D eigenvalue weighted by Crippen LogP contribution is -2.41. The van der Waals surface area contributed by atoms with E-state index in [0.29, 0.717) is 137 Å². The predicted octanol–water partition coefficient (Wildman–Crippen LogP) is 12.2. The Morgan fingerprint density at radius 2 is 0.655 bits per heavy atom. The number of carbonyl (C=O) groups excluding carboxylic acids is 2. The molecule has 3 saturated heterocycles. The largest absolute Gasteiger partial charge is 0.481 e. The second kappa shape index (κ2) is 60.9. The average molecular weight is 1620 g/mol. The molecule has 3 heterocycles. The Hall–Kier alpha value is -8.50. The standard InChI is InChI=1S/C30H35NO4.C21H25NO4.C15H22O4.C8H16O4.C7H13NO4.C7H15NO4/c32-29(35-24-27-14-8-3-9-15-27)18-16-28(17-19-30-33-20-21-34-30)31(22-25-10-4-1-5-11-25)23-26-12-6-2-7-13-26;23-21(24)19(11-12-20-25-13-14-26-20)22(15-17-7-3-1-4-8-17)16-18-9-5-2-6-10-18;1-12(9-10-14(17-2)18-3)15(16)19-11-13-7-5-4-6-8-13;1-6(8(9)10)4-5-7(11-2)12-3;8-5(7(9)10)1-2-6-11-3-4-12-6;1-11-6(12-2)4-3-5(8)7(9)10/h1-15,28,30H,16-24H2;1-10,19-20H,11-16H2,(H,23,24);4-8,12,14H,9-11H2,1-3H3;6-7H,4-5H2,1-3H3,(H,9,10);5-6H,1-4,8H2,(H,9,10);5-6H,3-4,8H2,1-2H3,(H,9,10)/t28-;19-;12-;6-;2*5-/m100000/s1. The molecule has 28 heteroatoms. The number of carboxylic acids is 4. The molecule has 3 aliphatic rings. The van der Waals surface area contributed by atoms with Crippen LogP contribution in [0.4, 0.5) is 0 Å². The van der Waals surface area contributed by atoms with Crippen LogP contribution in [0, 0.1) is 11.8 Å². The normalized spacial score (nSPS) is 15.0. The number of esters is 2. The topological polar surface area (TPSA) is 371 Å². The van der Waals surface area contributed by atoms with Crippen molar-refractivity contribution in [2.24, 2.45) is 23.3 Å². The molecule has 3 aliphatic heterocycles. The molecule has 0 spiro atoms. The number of benzene rings is 6. The van der Waals surface area contributed by atoms with E-state index in [9.17, 15) is 33.9 Å². The van der Waals surface area contributed by atoms with Crippen molar-refractivity contribution in [1.29, 1.82) is 0 Å². The van der Waals surface area contributed by atoms with E-state index >= 15 is 0 Å². The number of hydrogen-bond donors (Lipinski definition) is 6. The Labute approximate surface area is 684 Å². The molecule has 0 bridgehead atoms. The predicted molar refractivity (Wildman–Crippen MR) is 434 cm³/mol. The van der Waals surface area contributed by atoms with Gasteiger partial charge < -0.3 is 98.2 Å². The molecule has 6 aromatic carbocycles. The highest BCUT2D eigenvalue weighted by atomic mass is 16.7. The molecule has 9 rings (SSSR count). The van der Waals surface area contributed by atoms with Gasteiger partial charge in [0.1, 0.15) is 31.3 Å². The first-order chi connectivity index (χ1) is 56.1. The van der Waals surface area contributed by atoms with Gasteiger partial charge in [-0.2, -0.15) is 0 Å². The number of aliphatic carboxylic acids is 4. The number of rotatable bonds is 46. The van der Waals surface area contributed by atoms with E-state index in [1.54, 1.807) is 35.4 Å². The summed E-state index contributed by atoms with van der Waals surface area (Å²) in [7, 11) is 9.26. The minimum Gasteiger partial charge on any atom is -0.481 e. The zero-order valence-corrected chi connectivity index (χ0v) is 68.6. The van der Waals surface area contributed by atoms with Crippen LogP contribution in [0.25, 0.3) is 0 Å². The van der Waals surface area contributed by atoms with Gasteiger partial charge in [0.2, 0.25) is 0 Å². The molecule has 642 valence electrons. The molecule has 6 atom stereocenters. The van der Waals surface area contributed by atoms with Crippen molar-refractivity contribution in [3.05, 3.63) is 215 Å². The summed E-state index contributed by atoms with van der Waals surface area (Å²) >= 11 is 0. The first kappa shape index (κ1) is 99.9. The lowest BCUT2D eigenvalue weighted by atomic mass is 10.0. The van der Waals surface area contributed by atoms with Crippen molar-refractivity contribution < 1.29 is 116 Å². The maximum absolute atomic E-state index is 12.6. The molecule has 0 aromatic heterocycles. The van der Waals surface area contributed by atoms with Crippen LogP contribution in [-0.2, 0) is 134 Å². The Morgan fingerprint density at radius 1 is 0.353 bits per heavy atom. The van der Waals surface area contributed by atoms with E-state index in [4.69, 9.17) is 93.1 Å². The Morgan fingerprint density at radius 3 is 0.991 bits per heavy atom. The molecule has 0 amide bonds. The van der Waals surface area contributed by atoms with E-state index < -0.39 is 42.0 Å². The van der Waals surface area contributed by atoms with Gasteiger partial charge in [0.15, 0.2) is 37.7 Å². The number of nitrogens with two attached hydrogens (primary N) is 2. The van der Waals surface area contributed by atoms with Gasteiger partial charge in [-0.1, -0.05) is 196 Å². The van der Waals surface area contributed by atoms with Gasteiger partial charge >= 0.3 is 35.8 Å². The molecule has 8 N–H and O–H groups in total. The van der Waals surface area contributed by atoms with E-state index in [1.807, 2.05) is 145 Å². The molecule has 0 unspecified atom stereocenters. The van der Waals surface area contributed by atoms with Crippen LogP contribution in [0.15, 0.2) is 182 Å². The van der Waals surface area contributed by atoms with Crippen molar-refractivity contribution in [2.75, 3.05) is 82.3 Å². The lowest BCUT2D eigenvalue weighted by Gasteiger charge is -2.32. The minimum atomic E-state index is -0.999. The number of hydrogen-bond acceptors (Lipinski definition) is 24. The van der Waals surface area contributed by atoms with Gasteiger partial charge in [0.05, 0.1) is 51.5 Å². The molecule has 28 nitrogen and oxygen atoms in total. The summed E-state index contributed by atoms with van der Waals surface area (Å²) in [6, 6.07) is 58.4. The molecule has 0 saturated carbocycles. The van der Waals surface area contributed by atoms with Gasteiger partial charge in [-0.3, -0.25) is 38.6 Å². The average Bonchev–Trinajstić information content (AvgIpc) is 1.47. The van der Waals surface area contributed by atoms with Crippen LogP contribution >= 0.6 is 0 Å². The number of ether oxygens (including phenoxy) is 14. The fourth-order valence-electron chi connectivity index (χ4n) is 12.0. The lowest BCUT2D eigenvalue weighted by molar-refractivity contribution is -0.151. The van der Waals surface area contributed by atoms with E-state index in [0.717, 1.165) is 54.6 Å². The molecular formula is C88H126N4O24. The monoisotopic (exact) mass is 1620 g/mol. The van der Waals surface area contributed by atoms with Gasteiger partial charge in [0.25, 0.3) is 0 Å². The van der Waals surface area contributed by atoms with Crippen LogP contribution in [0.5, 0.6) is 0 Å². The Bertz CT molecular complexity index is 3360. The molecule has 6 aromatic rings. The highest BCUT2D eigenvalue weighted by Gasteiger charge is 2.30. The highest BCUT2D eigenvalue weighted by Crippen LogP contribution is 2.25. The van der Waals surface area contributed by atoms with Gasteiger partial charge in [-0.25, -0.2) is 0 Å². The third-order valence-corrected chi connectivity index (χ3v) is 18.9.